The van der Waals surface area contributed by atoms with E-state index < -0.39 is 15.7 Å². The van der Waals surface area contributed by atoms with Gasteiger partial charge in [-0.3, -0.25) is 14.3 Å². The van der Waals surface area contributed by atoms with Crippen LogP contribution in [0.15, 0.2) is 18.2 Å². The van der Waals surface area contributed by atoms with Crippen LogP contribution >= 0.6 is 11.6 Å². The molecule has 0 aromatic heterocycles. The third-order valence-electron chi connectivity index (χ3n) is 2.89. The van der Waals surface area contributed by atoms with Gasteiger partial charge in [0.25, 0.3) is 5.69 Å². The van der Waals surface area contributed by atoms with Crippen molar-refractivity contribution in [2.24, 2.45) is 0 Å². The zero-order chi connectivity index (χ0) is 14.4. The van der Waals surface area contributed by atoms with Gasteiger partial charge in [0.1, 0.15) is 0 Å². The lowest BCUT2D eigenvalue weighted by molar-refractivity contribution is -0.385. The first-order chi connectivity index (χ1) is 8.93. The van der Waals surface area contributed by atoms with E-state index in [4.69, 9.17) is 11.6 Å². The van der Waals surface area contributed by atoms with E-state index in [9.17, 15) is 14.3 Å². The van der Waals surface area contributed by atoms with Gasteiger partial charge in [-0.05, 0) is 19.0 Å². The Labute approximate surface area is 120 Å². The molecule has 2 unspecified atom stereocenters. The Kier molecular flexibility index (Phi) is 6.41. The van der Waals surface area contributed by atoms with E-state index in [1.807, 2.05) is 6.92 Å². The summed E-state index contributed by atoms with van der Waals surface area (Å²) in [5, 5.41) is 14.5. The minimum Gasteiger partial charge on any atom is -0.312 e. The summed E-state index contributed by atoms with van der Waals surface area (Å²) in [4.78, 5) is 10.4. The van der Waals surface area contributed by atoms with Crippen LogP contribution < -0.4 is 5.32 Å². The molecule has 0 aliphatic heterocycles. The van der Waals surface area contributed by atoms with Gasteiger partial charge in [-0.2, -0.15) is 0 Å². The molecule has 106 valence electrons. The molecule has 0 heterocycles. The quantitative estimate of drug-likeness (QED) is 0.477. The van der Waals surface area contributed by atoms with Crippen LogP contribution in [0.2, 0.25) is 5.02 Å². The number of benzene rings is 1. The number of nitrogens with one attached hydrogen (secondary N) is 1. The molecular formula is C12H17ClN2O3S. The fourth-order valence-corrected chi connectivity index (χ4v) is 2.26. The van der Waals surface area contributed by atoms with Crippen LogP contribution in [-0.4, -0.2) is 27.2 Å². The summed E-state index contributed by atoms with van der Waals surface area (Å²) in [6.07, 6.45) is 2.42. The lowest BCUT2D eigenvalue weighted by Crippen LogP contribution is -2.21. The van der Waals surface area contributed by atoms with Gasteiger partial charge in [0.2, 0.25) is 0 Å². The number of hydrogen-bond acceptors (Lipinski definition) is 4. The smallest absolute Gasteiger partial charge is 0.275 e. The molecule has 0 fully saturated rings. The second-order valence-electron chi connectivity index (χ2n) is 4.27. The topological polar surface area (TPSA) is 72.2 Å². The molecular weight excluding hydrogens is 288 g/mol. The van der Waals surface area contributed by atoms with Gasteiger partial charge in [-0.15, -0.1) is 0 Å². The molecule has 1 aromatic rings. The molecule has 0 saturated heterocycles. The standard InChI is InChI=1S/C12H17ClN2O3S/c1-9(19(2)18)6-7-14-8-10-11(13)4-3-5-12(10)15(16)17/h3-5,9,14H,6-8H2,1-2H3. The molecule has 19 heavy (non-hydrogen) atoms. The zero-order valence-corrected chi connectivity index (χ0v) is 12.5. The van der Waals surface area contributed by atoms with Gasteiger partial charge in [-0.1, -0.05) is 24.6 Å². The zero-order valence-electron chi connectivity index (χ0n) is 10.9. The summed E-state index contributed by atoms with van der Waals surface area (Å²) in [6, 6.07) is 4.63. The number of rotatable bonds is 7. The molecule has 0 amide bonds. The first-order valence-corrected chi connectivity index (χ1v) is 7.88. The van der Waals surface area contributed by atoms with E-state index >= 15 is 0 Å². The van der Waals surface area contributed by atoms with Crippen molar-refractivity contribution >= 4 is 28.1 Å². The van der Waals surface area contributed by atoms with Crippen molar-refractivity contribution in [2.45, 2.75) is 25.1 Å². The van der Waals surface area contributed by atoms with Crippen molar-refractivity contribution in [1.29, 1.82) is 0 Å². The van der Waals surface area contributed by atoms with Gasteiger partial charge in [0, 0.05) is 34.9 Å². The summed E-state index contributed by atoms with van der Waals surface area (Å²) in [7, 11) is -0.849. The molecule has 0 aliphatic carbocycles. The van der Waals surface area contributed by atoms with Crippen molar-refractivity contribution in [2.75, 3.05) is 12.8 Å². The molecule has 5 nitrogen and oxygen atoms in total. The average Bonchev–Trinajstić information content (AvgIpc) is 2.35. The van der Waals surface area contributed by atoms with Gasteiger partial charge >= 0.3 is 0 Å². The molecule has 7 heteroatoms. The van der Waals surface area contributed by atoms with Crippen LogP contribution in [0.4, 0.5) is 5.69 Å². The number of hydrogen-bond donors (Lipinski definition) is 1. The van der Waals surface area contributed by atoms with E-state index in [0.717, 1.165) is 6.42 Å². The maximum atomic E-state index is 11.2. The van der Waals surface area contributed by atoms with Crippen molar-refractivity contribution in [1.82, 2.24) is 5.32 Å². The Balaban J connectivity index is 2.58. The van der Waals surface area contributed by atoms with Crippen LogP contribution in [0, 0.1) is 10.1 Å². The second-order valence-corrected chi connectivity index (χ2v) is 6.48. The molecule has 2 atom stereocenters. The average molecular weight is 305 g/mol. The first kappa shape index (κ1) is 16.1. The lowest BCUT2D eigenvalue weighted by Gasteiger charge is -2.10. The van der Waals surface area contributed by atoms with Crippen LogP contribution in [0.1, 0.15) is 18.9 Å². The Morgan fingerprint density at radius 3 is 2.79 bits per heavy atom. The van der Waals surface area contributed by atoms with Crippen molar-refractivity contribution in [3.63, 3.8) is 0 Å². The highest BCUT2D eigenvalue weighted by atomic mass is 35.5. The van der Waals surface area contributed by atoms with Crippen LogP contribution in [0.5, 0.6) is 0 Å². The van der Waals surface area contributed by atoms with Crippen LogP contribution in [0.25, 0.3) is 0 Å². The summed E-state index contributed by atoms with van der Waals surface area (Å²) in [6.45, 7) is 2.89. The molecule has 1 aromatic carbocycles. The van der Waals surface area contributed by atoms with E-state index in [-0.39, 0.29) is 10.9 Å². The Morgan fingerprint density at radius 1 is 1.53 bits per heavy atom. The number of nitro benzene ring substituents is 1. The molecule has 0 spiro atoms. The number of halogens is 1. The van der Waals surface area contributed by atoms with Crippen molar-refractivity contribution in [3.8, 4) is 0 Å². The molecule has 1 rings (SSSR count). The highest BCUT2D eigenvalue weighted by Crippen LogP contribution is 2.25. The largest absolute Gasteiger partial charge is 0.312 e. The summed E-state index contributed by atoms with van der Waals surface area (Å²) >= 11 is 5.97. The minimum absolute atomic E-state index is 0.0205. The monoisotopic (exact) mass is 304 g/mol. The summed E-state index contributed by atoms with van der Waals surface area (Å²) in [5.74, 6) is 0. The fraction of sp³-hybridized carbons (Fsp3) is 0.500. The highest BCUT2D eigenvalue weighted by molar-refractivity contribution is 7.84. The number of nitrogens with zero attached hydrogens (tertiary/aromatic N) is 1. The molecule has 1 N–H and O–H groups in total. The van der Waals surface area contributed by atoms with Gasteiger partial charge in [0.05, 0.1) is 15.5 Å². The normalized spacial score (nSPS) is 14.1. The van der Waals surface area contributed by atoms with E-state index in [0.29, 0.717) is 23.7 Å². The lowest BCUT2D eigenvalue weighted by atomic mass is 10.1. The Hall–Kier alpha value is -0.980. The van der Waals surface area contributed by atoms with Crippen LogP contribution in [0.3, 0.4) is 0 Å². The Bertz CT molecular complexity index is 482. The van der Waals surface area contributed by atoms with E-state index in [1.165, 1.54) is 6.07 Å². The summed E-state index contributed by atoms with van der Waals surface area (Å²) < 4.78 is 11.2. The molecule has 0 bridgehead atoms. The third-order valence-corrected chi connectivity index (χ3v) is 4.61. The minimum atomic E-state index is -0.849. The van der Waals surface area contributed by atoms with Gasteiger partial charge in [-0.25, -0.2) is 0 Å². The molecule has 0 aliphatic rings. The molecule has 0 saturated carbocycles. The first-order valence-electron chi connectivity index (χ1n) is 5.88. The van der Waals surface area contributed by atoms with E-state index in [2.05, 4.69) is 5.32 Å². The van der Waals surface area contributed by atoms with Gasteiger partial charge < -0.3 is 5.32 Å². The highest BCUT2D eigenvalue weighted by Gasteiger charge is 2.16. The third kappa shape index (κ3) is 4.89. The predicted molar refractivity (Wildman–Crippen MR) is 78.0 cm³/mol. The Morgan fingerprint density at radius 2 is 2.21 bits per heavy atom. The summed E-state index contributed by atoms with van der Waals surface area (Å²) in [5.41, 5.74) is 0.506. The van der Waals surface area contributed by atoms with E-state index in [1.54, 1.807) is 18.4 Å². The SMILES string of the molecule is CC(CCNCc1c(Cl)cccc1[N+](=O)[O-])S(C)=O. The number of nitro groups is 1. The van der Waals surface area contributed by atoms with Crippen molar-refractivity contribution in [3.05, 3.63) is 38.9 Å². The van der Waals surface area contributed by atoms with Gasteiger partial charge in [0.15, 0.2) is 0 Å². The maximum absolute atomic E-state index is 11.2. The fourth-order valence-electron chi connectivity index (χ4n) is 1.58. The van der Waals surface area contributed by atoms with Crippen molar-refractivity contribution < 1.29 is 9.13 Å². The maximum Gasteiger partial charge on any atom is 0.275 e. The second kappa shape index (κ2) is 7.57. The van der Waals surface area contributed by atoms with Crippen LogP contribution in [-0.2, 0) is 17.3 Å². The predicted octanol–water partition coefficient (Wildman–Crippen LogP) is 2.49. The molecule has 0 radical (unpaired) electrons.